The molecule has 6 heteroatoms. The molecule has 0 aliphatic rings. The summed E-state index contributed by atoms with van der Waals surface area (Å²) in [5.41, 5.74) is 3.16. The van der Waals surface area contributed by atoms with E-state index >= 15 is 0 Å². The number of benzene rings is 2. The third-order valence-electron chi connectivity index (χ3n) is 4.77. The number of likely N-dealkylation sites (N-methyl/N-ethyl adjacent to an activating group) is 1. The Hall–Kier alpha value is -3.02. The number of hydrogen-bond acceptors (Lipinski definition) is 4. The first-order chi connectivity index (χ1) is 13.3. The third-order valence-corrected chi connectivity index (χ3v) is 4.77. The van der Waals surface area contributed by atoms with Crippen LogP contribution in [0, 0.1) is 13.8 Å². The summed E-state index contributed by atoms with van der Waals surface area (Å²) in [6, 6.07) is 12.5. The van der Waals surface area contributed by atoms with Crippen molar-refractivity contribution in [1.82, 2.24) is 10.2 Å². The predicted molar refractivity (Wildman–Crippen MR) is 108 cm³/mol. The summed E-state index contributed by atoms with van der Waals surface area (Å²) in [6.45, 7) is 5.88. The van der Waals surface area contributed by atoms with E-state index in [1.807, 2.05) is 56.3 Å². The van der Waals surface area contributed by atoms with Gasteiger partial charge in [0.05, 0.1) is 7.11 Å². The summed E-state index contributed by atoms with van der Waals surface area (Å²) in [7, 11) is 3.16. The number of hydrogen-bond donors (Lipinski definition) is 1. The van der Waals surface area contributed by atoms with Crippen molar-refractivity contribution in [2.24, 2.45) is 0 Å². The van der Waals surface area contributed by atoms with Crippen LogP contribution >= 0.6 is 0 Å². The highest BCUT2D eigenvalue weighted by Crippen LogP contribution is 2.18. The number of aryl methyl sites for hydroxylation is 2. The van der Waals surface area contributed by atoms with E-state index in [1.165, 1.54) is 4.90 Å². The number of carbonyl (C=O) groups excluding carboxylic acids is 2. The number of rotatable bonds is 8. The number of amides is 2. The zero-order valence-electron chi connectivity index (χ0n) is 17.1. The Morgan fingerprint density at radius 2 is 1.68 bits per heavy atom. The van der Waals surface area contributed by atoms with Gasteiger partial charge in [0.25, 0.3) is 5.91 Å². The van der Waals surface area contributed by atoms with Gasteiger partial charge in [0.2, 0.25) is 5.91 Å². The first-order valence-corrected chi connectivity index (χ1v) is 9.19. The van der Waals surface area contributed by atoms with Crippen LogP contribution < -0.4 is 14.8 Å². The normalized spacial score (nSPS) is 11.5. The fourth-order valence-corrected chi connectivity index (χ4v) is 2.75. The van der Waals surface area contributed by atoms with E-state index in [-0.39, 0.29) is 18.4 Å². The quantitative estimate of drug-likeness (QED) is 0.760. The molecule has 0 heterocycles. The van der Waals surface area contributed by atoms with Crippen LogP contribution in [0.25, 0.3) is 0 Å². The summed E-state index contributed by atoms with van der Waals surface area (Å²) in [6.07, 6.45) is 0. The Balaban J connectivity index is 2.13. The van der Waals surface area contributed by atoms with Gasteiger partial charge in [-0.15, -0.1) is 0 Å². The van der Waals surface area contributed by atoms with Gasteiger partial charge in [-0.25, -0.2) is 0 Å². The largest absolute Gasteiger partial charge is 0.497 e. The van der Waals surface area contributed by atoms with Gasteiger partial charge >= 0.3 is 0 Å². The maximum atomic E-state index is 12.9. The van der Waals surface area contributed by atoms with Gasteiger partial charge in [-0.3, -0.25) is 9.59 Å². The van der Waals surface area contributed by atoms with E-state index in [0.717, 1.165) is 22.4 Å². The molecule has 2 rings (SSSR count). The summed E-state index contributed by atoms with van der Waals surface area (Å²) in [5.74, 6) is 0.880. The van der Waals surface area contributed by atoms with Crippen molar-refractivity contribution in [3.63, 3.8) is 0 Å². The highest BCUT2D eigenvalue weighted by atomic mass is 16.5. The standard InChI is InChI=1S/C22H28N2O4/c1-15-6-9-20(12-16(15)2)28-14-21(25)24(17(3)22(26)23-4)13-18-7-10-19(27-5)11-8-18/h6-12,17H,13-14H2,1-5H3,(H,23,26)/t17-/m1/s1. The molecular formula is C22H28N2O4. The molecular weight excluding hydrogens is 356 g/mol. The minimum Gasteiger partial charge on any atom is -0.497 e. The van der Waals surface area contributed by atoms with Crippen LogP contribution in [0.3, 0.4) is 0 Å². The van der Waals surface area contributed by atoms with Crippen molar-refractivity contribution < 1.29 is 19.1 Å². The summed E-state index contributed by atoms with van der Waals surface area (Å²) in [5, 5.41) is 2.60. The summed E-state index contributed by atoms with van der Waals surface area (Å²) in [4.78, 5) is 26.5. The monoisotopic (exact) mass is 384 g/mol. The minimum absolute atomic E-state index is 0.139. The van der Waals surface area contributed by atoms with E-state index < -0.39 is 6.04 Å². The lowest BCUT2D eigenvalue weighted by Gasteiger charge is -2.28. The minimum atomic E-state index is -0.622. The molecule has 1 atom stereocenters. The molecule has 28 heavy (non-hydrogen) atoms. The van der Waals surface area contributed by atoms with Crippen molar-refractivity contribution in [1.29, 1.82) is 0 Å². The average Bonchev–Trinajstić information content (AvgIpc) is 2.71. The highest BCUT2D eigenvalue weighted by Gasteiger charge is 2.25. The van der Waals surface area contributed by atoms with Crippen LogP contribution in [0.15, 0.2) is 42.5 Å². The van der Waals surface area contributed by atoms with E-state index in [0.29, 0.717) is 12.3 Å². The summed E-state index contributed by atoms with van der Waals surface area (Å²) < 4.78 is 10.8. The topological polar surface area (TPSA) is 67.9 Å². The molecule has 0 aliphatic heterocycles. The number of nitrogens with zero attached hydrogens (tertiary/aromatic N) is 1. The van der Waals surface area contributed by atoms with Crippen LogP contribution in [0.1, 0.15) is 23.6 Å². The van der Waals surface area contributed by atoms with Crippen LogP contribution in [-0.4, -0.2) is 43.5 Å². The van der Waals surface area contributed by atoms with Crippen LogP contribution in [0.2, 0.25) is 0 Å². The first-order valence-electron chi connectivity index (χ1n) is 9.19. The molecule has 0 bridgehead atoms. The van der Waals surface area contributed by atoms with E-state index in [4.69, 9.17) is 9.47 Å². The van der Waals surface area contributed by atoms with Crippen molar-refractivity contribution in [3.8, 4) is 11.5 Å². The summed E-state index contributed by atoms with van der Waals surface area (Å²) >= 11 is 0. The van der Waals surface area contributed by atoms with E-state index in [2.05, 4.69) is 5.32 Å². The zero-order chi connectivity index (χ0) is 20.7. The number of ether oxygens (including phenoxy) is 2. The van der Waals surface area contributed by atoms with Crippen molar-refractivity contribution in [2.45, 2.75) is 33.4 Å². The Bertz CT molecular complexity index is 818. The lowest BCUT2D eigenvalue weighted by atomic mass is 10.1. The Morgan fingerprint density at radius 3 is 2.25 bits per heavy atom. The lowest BCUT2D eigenvalue weighted by Crippen LogP contribution is -2.48. The molecule has 0 saturated carbocycles. The fraction of sp³-hybridized carbons (Fsp3) is 0.364. The van der Waals surface area contributed by atoms with Crippen LogP contribution in [0.5, 0.6) is 11.5 Å². The van der Waals surface area contributed by atoms with Crippen molar-refractivity contribution in [3.05, 3.63) is 59.2 Å². The molecule has 2 amide bonds. The van der Waals surface area contributed by atoms with Gasteiger partial charge in [0.1, 0.15) is 17.5 Å². The third kappa shape index (κ3) is 5.49. The predicted octanol–water partition coefficient (Wildman–Crippen LogP) is 2.85. The van der Waals surface area contributed by atoms with Crippen LogP contribution in [0.4, 0.5) is 0 Å². The van der Waals surface area contributed by atoms with Gasteiger partial charge < -0.3 is 19.7 Å². The molecule has 150 valence electrons. The highest BCUT2D eigenvalue weighted by molar-refractivity contribution is 5.87. The zero-order valence-corrected chi connectivity index (χ0v) is 17.1. The molecule has 0 spiro atoms. The SMILES string of the molecule is CNC(=O)[C@@H](C)N(Cc1ccc(OC)cc1)C(=O)COc1ccc(C)c(C)c1. The van der Waals surface area contributed by atoms with Crippen molar-refractivity contribution >= 4 is 11.8 Å². The number of methoxy groups -OCH3 is 1. The van der Waals surface area contributed by atoms with E-state index in [1.54, 1.807) is 21.1 Å². The smallest absolute Gasteiger partial charge is 0.261 e. The van der Waals surface area contributed by atoms with Gasteiger partial charge in [-0.2, -0.15) is 0 Å². The maximum Gasteiger partial charge on any atom is 0.261 e. The molecule has 1 N–H and O–H groups in total. The molecule has 0 aromatic heterocycles. The van der Waals surface area contributed by atoms with Gasteiger partial charge in [0.15, 0.2) is 6.61 Å². The molecule has 0 unspecified atom stereocenters. The number of nitrogens with one attached hydrogen (secondary N) is 1. The second-order valence-corrected chi connectivity index (χ2v) is 6.69. The fourth-order valence-electron chi connectivity index (χ4n) is 2.75. The second-order valence-electron chi connectivity index (χ2n) is 6.69. The van der Waals surface area contributed by atoms with Gasteiger partial charge in [0, 0.05) is 13.6 Å². The Labute approximate surface area is 166 Å². The first kappa shape index (κ1) is 21.3. The average molecular weight is 384 g/mol. The molecule has 0 radical (unpaired) electrons. The molecule has 0 fully saturated rings. The second kappa shape index (κ2) is 9.78. The lowest BCUT2D eigenvalue weighted by molar-refractivity contribution is -0.142. The molecule has 2 aromatic carbocycles. The van der Waals surface area contributed by atoms with Gasteiger partial charge in [-0.05, 0) is 61.7 Å². The Kier molecular flexibility index (Phi) is 7.44. The molecule has 0 saturated heterocycles. The molecule has 6 nitrogen and oxygen atoms in total. The number of carbonyl (C=O) groups is 2. The van der Waals surface area contributed by atoms with Crippen molar-refractivity contribution in [2.75, 3.05) is 20.8 Å². The van der Waals surface area contributed by atoms with Crippen LogP contribution in [-0.2, 0) is 16.1 Å². The maximum absolute atomic E-state index is 12.9. The molecule has 2 aromatic rings. The molecule has 0 aliphatic carbocycles. The van der Waals surface area contributed by atoms with E-state index in [9.17, 15) is 9.59 Å². The van der Waals surface area contributed by atoms with Gasteiger partial charge in [-0.1, -0.05) is 18.2 Å². The Morgan fingerprint density at radius 1 is 1.04 bits per heavy atom.